The lowest BCUT2D eigenvalue weighted by Crippen LogP contribution is -2.51. The van der Waals surface area contributed by atoms with Crippen LogP contribution in [0.3, 0.4) is 0 Å². The minimum absolute atomic E-state index is 0.144. The number of nitrogens with zero attached hydrogens (tertiary/aromatic N) is 2. The lowest BCUT2D eigenvalue weighted by Gasteiger charge is -2.44. The number of carbonyl (C=O) groups excluding carboxylic acids is 1. The third-order valence-electron chi connectivity index (χ3n) is 6.78. The first-order chi connectivity index (χ1) is 15.2. The van der Waals surface area contributed by atoms with Gasteiger partial charge in [0.1, 0.15) is 11.4 Å². The molecule has 0 saturated carbocycles. The Hall–Kier alpha value is -3.16. The Morgan fingerprint density at radius 3 is 2.68 bits per heavy atom. The quantitative estimate of drug-likeness (QED) is 0.611. The molecule has 0 atom stereocenters. The summed E-state index contributed by atoms with van der Waals surface area (Å²) in [7, 11) is 0. The SMILES string of the molecule is N#CCc1ccc2c(c1)C(=O)CC1(CCN(CCc3cccc4ccccc34)CC1)O2. The maximum absolute atomic E-state index is 12.9. The number of piperidine rings is 1. The Balaban J connectivity index is 1.23. The molecular formula is C27H26N2O2. The van der Waals surface area contributed by atoms with E-state index in [1.807, 2.05) is 18.2 Å². The monoisotopic (exact) mass is 410 g/mol. The van der Waals surface area contributed by atoms with E-state index < -0.39 is 0 Å². The molecule has 4 heteroatoms. The summed E-state index contributed by atoms with van der Waals surface area (Å²) in [6, 6.07) is 22.8. The second kappa shape index (κ2) is 8.17. The van der Waals surface area contributed by atoms with Gasteiger partial charge in [-0.3, -0.25) is 4.79 Å². The van der Waals surface area contributed by atoms with Gasteiger partial charge in [0.05, 0.1) is 24.5 Å². The minimum Gasteiger partial charge on any atom is -0.486 e. The highest BCUT2D eigenvalue weighted by molar-refractivity contribution is 6.00. The van der Waals surface area contributed by atoms with E-state index in [0.29, 0.717) is 24.2 Å². The first kappa shape index (κ1) is 19.8. The van der Waals surface area contributed by atoms with Crippen molar-refractivity contribution in [2.75, 3.05) is 19.6 Å². The maximum atomic E-state index is 12.9. The van der Waals surface area contributed by atoms with Gasteiger partial charge in [-0.25, -0.2) is 0 Å². The molecule has 1 fully saturated rings. The van der Waals surface area contributed by atoms with Crippen LogP contribution in [0.2, 0.25) is 0 Å². The molecule has 2 aliphatic rings. The van der Waals surface area contributed by atoms with Gasteiger partial charge in [0.2, 0.25) is 0 Å². The molecule has 3 aromatic carbocycles. The van der Waals surface area contributed by atoms with Gasteiger partial charge in [0.25, 0.3) is 0 Å². The van der Waals surface area contributed by atoms with Crippen molar-refractivity contribution < 1.29 is 9.53 Å². The smallest absolute Gasteiger partial charge is 0.170 e. The fraction of sp³-hybridized carbons (Fsp3) is 0.333. The molecule has 0 aromatic heterocycles. The molecule has 0 bridgehead atoms. The second-order valence-electron chi connectivity index (χ2n) is 8.78. The molecule has 2 heterocycles. The third kappa shape index (κ3) is 3.94. The summed E-state index contributed by atoms with van der Waals surface area (Å²) >= 11 is 0. The van der Waals surface area contributed by atoms with Gasteiger partial charge in [0.15, 0.2) is 5.78 Å². The minimum atomic E-state index is -0.378. The summed E-state index contributed by atoms with van der Waals surface area (Å²) < 4.78 is 6.40. The molecule has 3 aromatic rings. The fourth-order valence-corrected chi connectivity index (χ4v) is 4.99. The van der Waals surface area contributed by atoms with Crippen molar-refractivity contribution >= 4 is 16.6 Å². The topological polar surface area (TPSA) is 53.3 Å². The summed E-state index contributed by atoms with van der Waals surface area (Å²) in [5.41, 5.74) is 2.52. The van der Waals surface area contributed by atoms with Gasteiger partial charge >= 0.3 is 0 Å². The van der Waals surface area contributed by atoms with E-state index in [4.69, 9.17) is 10.00 Å². The average Bonchev–Trinajstić information content (AvgIpc) is 2.79. The zero-order valence-electron chi connectivity index (χ0n) is 17.6. The standard InChI is InChI=1S/C27H26N2O2/c28-14-10-20-8-9-26-24(18-20)25(30)19-27(31-26)12-16-29(17-13-27)15-11-22-6-3-5-21-4-1-2-7-23(21)22/h1-9,18H,10-13,15-17,19H2. The van der Waals surface area contributed by atoms with Crippen LogP contribution in [-0.4, -0.2) is 35.9 Å². The lowest BCUT2D eigenvalue weighted by atomic mass is 9.82. The van der Waals surface area contributed by atoms with Crippen LogP contribution in [0.15, 0.2) is 60.7 Å². The molecule has 1 saturated heterocycles. The van der Waals surface area contributed by atoms with Crippen molar-refractivity contribution in [1.82, 2.24) is 4.90 Å². The molecule has 0 radical (unpaired) electrons. The molecule has 0 unspecified atom stereocenters. The summed E-state index contributed by atoms with van der Waals surface area (Å²) in [4.78, 5) is 15.3. The summed E-state index contributed by atoms with van der Waals surface area (Å²) in [6.07, 6.45) is 3.52. The highest BCUT2D eigenvalue weighted by atomic mass is 16.5. The van der Waals surface area contributed by atoms with Gasteiger partial charge in [-0.1, -0.05) is 48.5 Å². The number of benzene rings is 3. The van der Waals surface area contributed by atoms with E-state index in [1.54, 1.807) is 0 Å². The van der Waals surface area contributed by atoms with Gasteiger partial charge in [-0.05, 0) is 40.5 Å². The molecule has 0 amide bonds. The number of fused-ring (bicyclic) bond motifs is 2. The van der Waals surface area contributed by atoms with Crippen molar-refractivity contribution in [2.24, 2.45) is 0 Å². The zero-order chi connectivity index (χ0) is 21.3. The first-order valence-electron chi connectivity index (χ1n) is 11.1. The molecule has 0 N–H and O–H groups in total. The number of ketones is 1. The molecule has 1 spiro atoms. The highest BCUT2D eigenvalue weighted by Crippen LogP contribution is 2.39. The molecular weight excluding hydrogens is 384 g/mol. The number of hydrogen-bond donors (Lipinski definition) is 0. The predicted octanol–water partition coefficient (Wildman–Crippen LogP) is 4.95. The Bertz CT molecular complexity index is 1160. The molecule has 0 aliphatic carbocycles. The van der Waals surface area contributed by atoms with E-state index in [9.17, 15) is 4.79 Å². The predicted molar refractivity (Wildman–Crippen MR) is 121 cm³/mol. The molecule has 156 valence electrons. The van der Waals surface area contributed by atoms with Crippen LogP contribution >= 0.6 is 0 Å². The third-order valence-corrected chi connectivity index (χ3v) is 6.78. The van der Waals surface area contributed by atoms with Gasteiger partial charge < -0.3 is 9.64 Å². The van der Waals surface area contributed by atoms with Gasteiger partial charge in [-0.15, -0.1) is 0 Å². The zero-order valence-corrected chi connectivity index (χ0v) is 17.6. The number of likely N-dealkylation sites (tertiary alicyclic amines) is 1. The number of ether oxygens (including phenoxy) is 1. The molecule has 5 rings (SSSR count). The Labute approximate surface area is 183 Å². The van der Waals surface area contributed by atoms with E-state index in [0.717, 1.165) is 44.5 Å². The fourth-order valence-electron chi connectivity index (χ4n) is 4.99. The number of carbonyl (C=O) groups is 1. The number of hydrogen-bond acceptors (Lipinski definition) is 4. The summed E-state index contributed by atoms with van der Waals surface area (Å²) in [5, 5.41) is 11.5. The normalized spacial score (nSPS) is 17.8. The van der Waals surface area contributed by atoms with E-state index in [2.05, 4.69) is 53.4 Å². The Kier molecular flexibility index (Phi) is 5.21. The second-order valence-corrected chi connectivity index (χ2v) is 8.78. The molecule has 2 aliphatic heterocycles. The van der Waals surface area contributed by atoms with E-state index in [-0.39, 0.29) is 11.4 Å². The maximum Gasteiger partial charge on any atom is 0.170 e. The van der Waals surface area contributed by atoms with Crippen LogP contribution in [-0.2, 0) is 12.8 Å². The van der Waals surface area contributed by atoms with Crippen LogP contribution in [0.4, 0.5) is 0 Å². The van der Waals surface area contributed by atoms with Crippen molar-refractivity contribution in [3.63, 3.8) is 0 Å². The number of Topliss-reactive ketones (excluding diaryl/α,β-unsaturated/α-hetero) is 1. The Morgan fingerprint density at radius 2 is 1.84 bits per heavy atom. The van der Waals surface area contributed by atoms with Gasteiger partial charge in [0, 0.05) is 32.5 Å². The van der Waals surface area contributed by atoms with Crippen molar-refractivity contribution in [2.45, 2.75) is 37.7 Å². The molecule has 4 nitrogen and oxygen atoms in total. The van der Waals surface area contributed by atoms with Crippen LogP contribution in [0.1, 0.15) is 40.7 Å². The van der Waals surface area contributed by atoms with Crippen molar-refractivity contribution in [3.05, 3.63) is 77.4 Å². The van der Waals surface area contributed by atoms with E-state index >= 15 is 0 Å². The van der Waals surface area contributed by atoms with Crippen LogP contribution in [0, 0.1) is 11.3 Å². The Morgan fingerprint density at radius 1 is 1.03 bits per heavy atom. The first-order valence-corrected chi connectivity index (χ1v) is 11.1. The highest BCUT2D eigenvalue weighted by Gasteiger charge is 2.42. The number of nitriles is 1. The number of rotatable bonds is 4. The average molecular weight is 411 g/mol. The van der Waals surface area contributed by atoms with Crippen LogP contribution < -0.4 is 4.74 Å². The largest absolute Gasteiger partial charge is 0.486 e. The summed E-state index contributed by atoms with van der Waals surface area (Å²) in [6.45, 7) is 2.91. The summed E-state index contributed by atoms with van der Waals surface area (Å²) in [5.74, 6) is 0.826. The van der Waals surface area contributed by atoms with Crippen molar-refractivity contribution in [3.8, 4) is 11.8 Å². The van der Waals surface area contributed by atoms with Gasteiger partial charge in [-0.2, -0.15) is 5.26 Å². The molecule has 31 heavy (non-hydrogen) atoms. The van der Waals surface area contributed by atoms with E-state index in [1.165, 1.54) is 16.3 Å². The van der Waals surface area contributed by atoms with Crippen molar-refractivity contribution in [1.29, 1.82) is 5.26 Å². The lowest BCUT2D eigenvalue weighted by molar-refractivity contribution is -0.00867. The van der Waals surface area contributed by atoms with Crippen LogP contribution in [0.25, 0.3) is 10.8 Å². The van der Waals surface area contributed by atoms with Crippen LogP contribution in [0.5, 0.6) is 5.75 Å².